The van der Waals surface area contributed by atoms with Gasteiger partial charge in [0, 0.05) is 17.7 Å². The number of nitro benzene ring substituents is 1. The van der Waals surface area contributed by atoms with Gasteiger partial charge in [0.15, 0.2) is 0 Å². The summed E-state index contributed by atoms with van der Waals surface area (Å²) in [5.74, 6) is 0. The Morgan fingerprint density at radius 3 is 2.88 bits per heavy atom. The molecule has 1 aromatic rings. The Bertz CT molecular complexity index is 387. The van der Waals surface area contributed by atoms with Gasteiger partial charge in [0.05, 0.1) is 4.92 Å². The van der Waals surface area contributed by atoms with Crippen molar-refractivity contribution in [3.63, 3.8) is 0 Å². The standard InChI is InChI=1S/C13H18N2O2/c16-15(17)13-7-2-1-5-11(13)8-9-12-6-3-4-10-14-12/h1-2,5,7,12,14H,3-4,6,8-10H2. The number of nitro groups is 1. The fourth-order valence-corrected chi connectivity index (χ4v) is 2.40. The van der Waals surface area contributed by atoms with Crippen LogP contribution in [0.5, 0.6) is 0 Å². The lowest BCUT2D eigenvalue weighted by molar-refractivity contribution is -0.385. The number of rotatable bonds is 4. The molecule has 0 radical (unpaired) electrons. The van der Waals surface area contributed by atoms with Gasteiger partial charge in [0.1, 0.15) is 0 Å². The second-order valence-electron chi connectivity index (χ2n) is 4.57. The van der Waals surface area contributed by atoms with Crippen LogP contribution in [0.15, 0.2) is 24.3 Å². The van der Waals surface area contributed by atoms with Crippen LogP contribution in [0.4, 0.5) is 5.69 Å². The number of hydrogen-bond donors (Lipinski definition) is 1. The van der Waals surface area contributed by atoms with Crippen LogP contribution in [-0.2, 0) is 6.42 Å². The third kappa shape index (κ3) is 3.27. The van der Waals surface area contributed by atoms with Crippen LogP contribution in [0.1, 0.15) is 31.2 Å². The van der Waals surface area contributed by atoms with Crippen LogP contribution in [0.3, 0.4) is 0 Å². The molecule has 1 aliphatic rings. The topological polar surface area (TPSA) is 55.2 Å². The van der Waals surface area contributed by atoms with E-state index < -0.39 is 0 Å². The maximum atomic E-state index is 10.9. The van der Waals surface area contributed by atoms with Crippen LogP contribution in [0.2, 0.25) is 0 Å². The van der Waals surface area contributed by atoms with Crippen molar-refractivity contribution in [3.05, 3.63) is 39.9 Å². The second kappa shape index (κ2) is 5.77. The molecule has 0 bridgehead atoms. The van der Waals surface area contributed by atoms with E-state index >= 15 is 0 Å². The Kier molecular flexibility index (Phi) is 4.09. The fourth-order valence-electron chi connectivity index (χ4n) is 2.40. The quantitative estimate of drug-likeness (QED) is 0.643. The summed E-state index contributed by atoms with van der Waals surface area (Å²) < 4.78 is 0. The second-order valence-corrected chi connectivity index (χ2v) is 4.57. The Morgan fingerprint density at radius 2 is 2.18 bits per heavy atom. The van der Waals surface area contributed by atoms with Crippen LogP contribution in [-0.4, -0.2) is 17.5 Å². The van der Waals surface area contributed by atoms with Crippen molar-refractivity contribution in [1.29, 1.82) is 0 Å². The molecule has 4 nitrogen and oxygen atoms in total. The van der Waals surface area contributed by atoms with E-state index in [4.69, 9.17) is 0 Å². The van der Waals surface area contributed by atoms with E-state index in [-0.39, 0.29) is 10.6 Å². The van der Waals surface area contributed by atoms with Crippen LogP contribution in [0, 0.1) is 10.1 Å². The molecule has 4 heteroatoms. The lowest BCUT2D eigenvalue weighted by atomic mass is 9.97. The molecule has 0 spiro atoms. The molecule has 1 unspecified atom stereocenters. The summed E-state index contributed by atoms with van der Waals surface area (Å²) in [5.41, 5.74) is 1.10. The highest BCUT2D eigenvalue weighted by atomic mass is 16.6. The minimum absolute atomic E-state index is 0.253. The molecule has 0 aromatic heterocycles. The van der Waals surface area contributed by atoms with Gasteiger partial charge in [0.2, 0.25) is 0 Å². The lowest BCUT2D eigenvalue weighted by Crippen LogP contribution is -2.34. The zero-order chi connectivity index (χ0) is 12.1. The summed E-state index contributed by atoms with van der Waals surface area (Å²) in [6, 6.07) is 7.57. The van der Waals surface area contributed by atoms with Gasteiger partial charge in [-0.2, -0.15) is 0 Å². The van der Waals surface area contributed by atoms with Crippen molar-refractivity contribution >= 4 is 5.69 Å². The minimum atomic E-state index is -0.288. The summed E-state index contributed by atoms with van der Waals surface area (Å²) >= 11 is 0. The van der Waals surface area contributed by atoms with Crippen molar-refractivity contribution in [2.24, 2.45) is 0 Å². The van der Waals surface area contributed by atoms with E-state index in [1.807, 2.05) is 12.1 Å². The van der Waals surface area contributed by atoms with Gasteiger partial charge >= 0.3 is 0 Å². The maximum absolute atomic E-state index is 10.9. The third-order valence-corrected chi connectivity index (χ3v) is 3.36. The number of benzene rings is 1. The van der Waals surface area contributed by atoms with E-state index in [2.05, 4.69) is 5.32 Å². The average Bonchev–Trinajstić information content (AvgIpc) is 2.38. The molecule has 1 fully saturated rings. The van der Waals surface area contributed by atoms with Crippen molar-refractivity contribution in [2.45, 2.75) is 38.1 Å². The molecule has 0 amide bonds. The first-order valence-corrected chi connectivity index (χ1v) is 6.23. The first-order valence-electron chi connectivity index (χ1n) is 6.23. The van der Waals surface area contributed by atoms with Gasteiger partial charge in [-0.25, -0.2) is 0 Å². The number of nitrogens with zero attached hydrogens (tertiary/aromatic N) is 1. The molecular formula is C13H18N2O2. The van der Waals surface area contributed by atoms with E-state index in [0.29, 0.717) is 6.04 Å². The van der Waals surface area contributed by atoms with Gasteiger partial charge in [-0.1, -0.05) is 24.6 Å². The molecule has 1 aromatic carbocycles. The molecular weight excluding hydrogens is 216 g/mol. The summed E-state index contributed by atoms with van der Waals surface area (Å²) in [6.45, 7) is 1.08. The highest BCUT2D eigenvalue weighted by molar-refractivity contribution is 5.39. The molecule has 17 heavy (non-hydrogen) atoms. The normalized spacial score (nSPS) is 20.1. The Hall–Kier alpha value is -1.42. The molecule has 92 valence electrons. The van der Waals surface area contributed by atoms with Crippen molar-refractivity contribution in [1.82, 2.24) is 5.32 Å². The summed E-state index contributed by atoms with van der Waals surface area (Å²) in [4.78, 5) is 10.6. The highest BCUT2D eigenvalue weighted by Gasteiger charge is 2.16. The zero-order valence-electron chi connectivity index (χ0n) is 9.89. The highest BCUT2D eigenvalue weighted by Crippen LogP contribution is 2.21. The molecule has 0 aliphatic carbocycles. The van der Waals surface area contributed by atoms with Gasteiger partial charge in [-0.15, -0.1) is 0 Å². The largest absolute Gasteiger partial charge is 0.314 e. The van der Waals surface area contributed by atoms with Gasteiger partial charge < -0.3 is 5.32 Å². The third-order valence-electron chi connectivity index (χ3n) is 3.36. The smallest absolute Gasteiger partial charge is 0.272 e. The van der Waals surface area contributed by atoms with Gasteiger partial charge in [-0.05, 0) is 32.2 Å². The lowest BCUT2D eigenvalue weighted by Gasteiger charge is -2.23. The van der Waals surface area contributed by atoms with Gasteiger partial charge in [0.25, 0.3) is 5.69 Å². The predicted molar refractivity (Wildman–Crippen MR) is 67.1 cm³/mol. The molecule has 1 saturated heterocycles. The molecule has 0 saturated carbocycles. The summed E-state index contributed by atoms with van der Waals surface area (Å²) in [5, 5.41) is 14.3. The number of hydrogen-bond acceptors (Lipinski definition) is 3. The van der Waals surface area contributed by atoms with Gasteiger partial charge in [-0.3, -0.25) is 10.1 Å². The first kappa shape index (κ1) is 12.0. The molecule has 1 aliphatic heterocycles. The number of aryl methyl sites for hydroxylation is 1. The first-order chi connectivity index (χ1) is 8.27. The molecule has 2 rings (SSSR count). The Balaban J connectivity index is 1.96. The number of piperidine rings is 1. The summed E-state index contributed by atoms with van der Waals surface area (Å²) in [6.07, 6.45) is 5.50. The number of nitrogens with one attached hydrogen (secondary N) is 1. The van der Waals surface area contributed by atoms with Crippen molar-refractivity contribution in [3.8, 4) is 0 Å². The minimum Gasteiger partial charge on any atom is -0.314 e. The average molecular weight is 234 g/mol. The van der Waals surface area contributed by atoms with Crippen molar-refractivity contribution in [2.75, 3.05) is 6.54 Å². The van der Waals surface area contributed by atoms with E-state index in [1.54, 1.807) is 12.1 Å². The Morgan fingerprint density at radius 1 is 1.35 bits per heavy atom. The Labute approximate surface area is 101 Å². The fraction of sp³-hybridized carbons (Fsp3) is 0.538. The van der Waals surface area contributed by atoms with Crippen LogP contribution in [0.25, 0.3) is 0 Å². The zero-order valence-corrected chi connectivity index (χ0v) is 9.89. The summed E-state index contributed by atoms with van der Waals surface area (Å²) in [7, 11) is 0. The monoisotopic (exact) mass is 234 g/mol. The predicted octanol–water partition coefficient (Wildman–Crippen LogP) is 2.67. The van der Waals surface area contributed by atoms with E-state index in [0.717, 1.165) is 24.9 Å². The molecule has 1 N–H and O–H groups in total. The van der Waals surface area contributed by atoms with E-state index in [1.165, 1.54) is 19.3 Å². The van der Waals surface area contributed by atoms with Crippen molar-refractivity contribution < 1.29 is 4.92 Å². The SMILES string of the molecule is O=[N+]([O-])c1ccccc1CCC1CCCCN1. The number of para-hydroxylation sites is 1. The molecule has 1 atom stereocenters. The van der Waals surface area contributed by atoms with E-state index in [9.17, 15) is 10.1 Å². The van der Waals surface area contributed by atoms with Crippen LogP contribution >= 0.6 is 0 Å². The maximum Gasteiger partial charge on any atom is 0.272 e. The van der Waals surface area contributed by atoms with Crippen LogP contribution < -0.4 is 5.32 Å². The molecule has 1 heterocycles.